The van der Waals surface area contributed by atoms with Crippen molar-refractivity contribution in [3.8, 4) is 0 Å². The van der Waals surface area contributed by atoms with Gasteiger partial charge in [-0.25, -0.2) is 4.79 Å². The van der Waals surface area contributed by atoms with Crippen LogP contribution in [0, 0.1) is 28.6 Å². The monoisotopic (exact) mass is 492 g/mol. The summed E-state index contributed by atoms with van der Waals surface area (Å²) in [6, 6.07) is -0.901. The number of carbonyl (C=O) groups excluding carboxylic acids is 1. The van der Waals surface area contributed by atoms with Gasteiger partial charge in [-0.15, -0.1) is 0 Å². The topological polar surface area (TPSA) is 108 Å². The third-order valence-electron chi connectivity index (χ3n) is 9.55. The van der Waals surface area contributed by atoms with Crippen LogP contribution >= 0.6 is 11.8 Å². The van der Waals surface area contributed by atoms with Gasteiger partial charge in [-0.3, -0.25) is 4.79 Å². The Morgan fingerprint density at radius 2 is 2.00 bits per heavy atom. The van der Waals surface area contributed by atoms with Crippen molar-refractivity contribution in [3.05, 3.63) is 11.6 Å². The fourth-order valence-corrected chi connectivity index (χ4v) is 7.99. The molecule has 0 aromatic heterocycles. The number of allylic oxidation sites excluding steroid dienone is 2. The molecule has 4 rings (SSSR count). The number of hydrogen-bond donors (Lipinski definition) is 3. The molecule has 3 N–H and O–H groups in total. The van der Waals surface area contributed by atoms with Crippen molar-refractivity contribution in [2.45, 2.75) is 83.8 Å². The molecule has 0 heterocycles. The Bertz CT molecular complexity index is 860. The van der Waals surface area contributed by atoms with Gasteiger partial charge in [-0.05, 0) is 104 Å². The van der Waals surface area contributed by atoms with Crippen LogP contribution < -0.4 is 5.32 Å². The van der Waals surface area contributed by atoms with Gasteiger partial charge in [0, 0.05) is 0 Å². The number of aliphatic hydroxyl groups is 1. The van der Waals surface area contributed by atoms with E-state index in [-0.39, 0.29) is 23.5 Å². The second-order valence-electron chi connectivity index (χ2n) is 11.2. The minimum atomic E-state index is -1.03. The smallest absolute Gasteiger partial charge is 0.326 e. The molecule has 7 nitrogen and oxygen atoms in total. The summed E-state index contributed by atoms with van der Waals surface area (Å²) in [6.07, 6.45) is 12.9. The summed E-state index contributed by atoms with van der Waals surface area (Å²) in [5.41, 5.74) is 2.61. The van der Waals surface area contributed by atoms with Gasteiger partial charge in [0.2, 0.25) is 0 Å². The van der Waals surface area contributed by atoms with Crippen LogP contribution in [0.4, 0.5) is 0 Å². The lowest BCUT2D eigenvalue weighted by molar-refractivity contribution is -0.142. The molecular weight excluding hydrogens is 452 g/mol. The number of thioether (sulfide) groups is 1. The van der Waals surface area contributed by atoms with Crippen molar-refractivity contribution in [1.82, 2.24) is 5.32 Å². The average Bonchev–Trinajstić information content (AvgIpc) is 3.11. The van der Waals surface area contributed by atoms with Crippen molar-refractivity contribution in [2.75, 3.05) is 18.6 Å². The lowest BCUT2D eigenvalue weighted by Gasteiger charge is -2.57. The molecule has 0 spiro atoms. The van der Waals surface area contributed by atoms with E-state index in [1.807, 2.05) is 6.26 Å². The number of rotatable bonds is 8. The molecule has 4 aliphatic carbocycles. The van der Waals surface area contributed by atoms with Crippen LogP contribution in [0.25, 0.3) is 0 Å². The lowest BCUT2D eigenvalue weighted by atomic mass is 9.47. The molecule has 0 aromatic carbocycles. The van der Waals surface area contributed by atoms with Crippen molar-refractivity contribution in [1.29, 1.82) is 0 Å². The third kappa shape index (κ3) is 4.77. The van der Waals surface area contributed by atoms with E-state index in [0.717, 1.165) is 44.2 Å². The molecule has 3 fully saturated rings. The van der Waals surface area contributed by atoms with E-state index in [0.29, 0.717) is 29.9 Å². The number of carboxylic acid groups (broad SMARTS) is 1. The minimum absolute atomic E-state index is 0.101. The SMILES string of the molecule is CSCC[C@H](NC(=O)CO/N=C1/C=C2CC[C@@H]3[C@@H](CC[C@]4(C)[C@@H](O)CC[C@@H]34)[C@@]2(C)CC1)C(=O)O. The van der Waals surface area contributed by atoms with E-state index in [4.69, 9.17) is 4.84 Å². The van der Waals surface area contributed by atoms with Crippen LogP contribution in [-0.4, -0.2) is 58.6 Å². The standard InChI is InChI=1S/C26H40N2O5S/c1-25-11-8-17(28-33-15-23(30)27-21(24(31)32)10-13-34-3)14-16(25)4-5-18-19-6-7-22(29)26(19,2)12-9-20(18)25/h14,18-22,29H,4-13,15H2,1-3H3,(H,27,30)(H,31,32)/b28-17+/t18-,19-,20+,21-,22-,25-,26-/m0/s1. The van der Waals surface area contributed by atoms with Crippen LogP contribution in [0.5, 0.6) is 0 Å². The van der Waals surface area contributed by atoms with Gasteiger partial charge in [0.25, 0.3) is 5.91 Å². The first-order chi connectivity index (χ1) is 16.2. The largest absolute Gasteiger partial charge is 0.480 e. The number of aliphatic hydroxyl groups excluding tert-OH is 1. The van der Waals surface area contributed by atoms with Gasteiger partial charge in [-0.2, -0.15) is 11.8 Å². The number of amides is 1. The predicted octanol–water partition coefficient (Wildman–Crippen LogP) is 4.01. The van der Waals surface area contributed by atoms with E-state index in [1.54, 1.807) is 11.8 Å². The van der Waals surface area contributed by atoms with E-state index < -0.39 is 17.9 Å². The summed E-state index contributed by atoms with van der Waals surface area (Å²) in [7, 11) is 0. The van der Waals surface area contributed by atoms with E-state index in [1.165, 1.54) is 18.4 Å². The molecular formula is C26H40N2O5S. The maximum atomic E-state index is 12.1. The summed E-state index contributed by atoms with van der Waals surface area (Å²) in [4.78, 5) is 28.8. The number of carbonyl (C=O) groups is 2. The third-order valence-corrected chi connectivity index (χ3v) is 10.2. The Hall–Kier alpha value is -1.54. The minimum Gasteiger partial charge on any atom is -0.480 e. The number of fused-ring (bicyclic) bond motifs is 5. The van der Waals surface area contributed by atoms with Gasteiger partial charge in [0.15, 0.2) is 6.61 Å². The van der Waals surface area contributed by atoms with Crippen LogP contribution in [0.2, 0.25) is 0 Å². The van der Waals surface area contributed by atoms with Gasteiger partial charge >= 0.3 is 5.97 Å². The number of carboxylic acids is 1. The molecule has 0 aliphatic heterocycles. The zero-order valence-corrected chi connectivity index (χ0v) is 21.5. The second kappa shape index (κ2) is 10.2. The van der Waals surface area contributed by atoms with Crippen molar-refractivity contribution >= 4 is 29.4 Å². The van der Waals surface area contributed by atoms with Crippen molar-refractivity contribution in [2.24, 2.45) is 33.7 Å². The highest BCUT2D eigenvalue weighted by Crippen LogP contribution is 2.65. The molecule has 7 atom stereocenters. The maximum absolute atomic E-state index is 12.1. The number of nitrogens with one attached hydrogen (secondary N) is 1. The normalized spacial score (nSPS) is 38.8. The zero-order valence-electron chi connectivity index (χ0n) is 20.7. The Morgan fingerprint density at radius 3 is 2.74 bits per heavy atom. The van der Waals surface area contributed by atoms with Gasteiger partial charge in [0.05, 0.1) is 11.8 Å². The van der Waals surface area contributed by atoms with Gasteiger partial charge < -0.3 is 20.4 Å². The molecule has 0 saturated heterocycles. The maximum Gasteiger partial charge on any atom is 0.326 e. The Labute approximate surface area is 207 Å². The number of hydrogen-bond acceptors (Lipinski definition) is 6. The first kappa shape index (κ1) is 25.5. The summed E-state index contributed by atoms with van der Waals surface area (Å²) >= 11 is 1.55. The van der Waals surface area contributed by atoms with Crippen LogP contribution in [0.1, 0.15) is 71.6 Å². The van der Waals surface area contributed by atoms with E-state index in [2.05, 4.69) is 30.4 Å². The Kier molecular flexibility index (Phi) is 7.67. The summed E-state index contributed by atoms with van der Waals surface area (Å²) in [5, 5.41) is 26.6. The molecule has 1 amide bonds. The molecule has 34 heavy (non-hydrogen) atoms. The Balaban J connectivity index is 1.36. The van der Waals surface area contributed by atoms with E-state index >= 15 is 0 Å². The second-order valence-corrected chi connectivity index (χ2v) is 12.2. The van der Waals surface area contributed by atoms with Crippen molar-refractivity contribution < 1.29 is 24.6 Å². The predicted molar refractivity (Wildman–Crippen MR) is 134 cm³/mol. The summed E-state index contributed by atoms with van der Waals surface area (Å²) in [6.45, 7) is 4.47. The quantitative estimate of drug-likeness (QED) is 0.442. The fourth-order valence-electron chi connectivity index (χ4n) is 7.52. The molecule has 0 bridgehead atoms. The first-order valence-corrected chi connectivity index (χ1v) is 14.2. The molecule has 8 heteroatoms. The van der Waals surface area contributed by atoms with E-state index in [9.17, 15) is 19.8 Å². The molecule has 0 aromatic rings. The molecule has 0 unspecified atom stereocenters. The number of nitrogens with zero attached hydrogens (tertiary/aromatic N) is 1. The lowest BCUT2D eigenvalue weighted by Crippen LogP contribution is -2.51. The van der Waals surface area contributed by atoms with Crippen LogP contribution in [-0.2, 0) is 14.4 Å². The first-order valence-electron chi connectivity index (χ1n) is 12.8. The summed E-state index contributed by atoms with van der Waals surface area (Å²) < 4.78 is 0. The fraction of sp³-hybridized carbons (Fsp3) is 0.808. The van der Waals surface area contributed by atoms with Gasteiger partial charge in [-0.1, -0.05) is 24.6 Å². The highest BCUT2D eigenvalue weighted by Gasteiger charge is 2.58. The highest BCUT2D eigenvalue weighted by molar-refractivity contribution is 7.98. The van der Waals surface area contributed by atoms with Crippen LogP contribution in [0.15, 0.2) is 16.8 Å². The molecule has 0 radical (unpaired) electrons. The number of oxime groups is 1. The Morgan fingerprint density at radius 1 is 1.21 bits per heavy atom. The van der Waals surface area contributed by atoms with Crippen LogP contribution in [0.3, 0.4) is 0 Å². The zero-order chi connectivity index (χ0) is 24.5. The van der Waals surface area contributed by atoms with Gasteiger partial charge in [0.1, 0.15) is 6.04 Å². The molecule has 3 saturated carbocycles. The summed E-state index contributed by atoms with van der Waals surface area (Å²) in [5.74, 6) is 1.17. The number of aliphatic carboxylic acids is 1. The molecule has 4 aliphatic rings. The highest BCUT2D eigenvalue weighted by atomic mass is 32.2. The van der Waals surface area contributed by atoms with Crippen molar-refractivity contribution in [3.63, 3.8) is 0 Å². The molecule has 190 valence electrons. The average molecular weight is 493 g/mol.